The first kappa shape index (κ1) is 11.6. The van der Waals surface area contributed by atoms with Crippen molar-refractivity contribution in [2.75, 3.05) is 7.11 Å². The molecule has 0 radical (unpaired) electrons. The number of rotatable bonds is 2. The fourth-order valence-corrected chi connectivity index (χ4v) is 2.02. The highest BCUT2D eigenvalue weighted by Crippen LogP contribution is 2.27. The Morgan fingerprint density at radius 3 is 2.65 bits per heavy atom. The average molecular weight is 229 g/mol. The van der Waals surface area contributed by atoms with E-state index >= 15 is 0 Å². The molecule has 0 aliphatic heterocycles. The van der Waals surface area contributed by atoms with Gasteiger partial charge in [-0.1, -0.05) is 17.7 Å². The fourth-order valence-electron chi connectivity index (χ4n) is 2.02. The zero-order valence-electron chi connectivity index (χ0n) is 10.7. The predicted molar refractivity (Wildman–Crippen MR) is 66.9 cm³/mol. The van der Waals surface area contributed by atoms with E-state index in [0.717, 1.165) is 11.3 Å². The number of nitrogens with zero attached hydrogens (tertiary/aromatic N) is 2. The number of hydrogen-bond donors (Lipinski definition) is 0. The molecule has 1 aromatic heterocycles. The summed E-state index contributed by atoms with van der Waals surface area (Å²) >= 11 is 0. The molecule has 0 spiro atoms. The van der Waals surface area contributed by atoms with E-state index in [1.165, 1.54) is 11.1 Å². The quantitative estimate of drug-likeness (QED) is 0.738. The van der Waals surface area contributed by atoms with Crippen molar-refractivity contribution in [3.63, 3.8) is 0 Å². The van der Waals surface area contributed by atoms with Crippen LogP contribution in [-0.4, -0.2) is 12.1 Å². The molecule has 88 valence electrons. The van der Waals surface area contributed by atoms with E-state index in [2.05, 4.69) is 37.0 Å². The van der Waals surface area contributed by atoms with Crippen molar-refractivity contribution in [3.8, 4) is 17.1 Å². The lowest BCUT2D eigenvalue weighted by Gasteiger charge is -2.08. The summed E-state index contributed by atoms with van der Waals surface area (Å²) in [5.41, 5.74) is 4.65. The summed E-state index contributed by atoms with van der Waals surface area (Å²) < 4.78 is 7.37. The van der Waals surface area contributed by atoms with Crippen LogP contribution in [-0.2, 0) is 7.05 Å². The van der Waals surface area contributed by atoms with Crippen molar-refractivity contribution < 1.29 is 9.30 Å². The molecule has 0 bridgehead atoms. The van der Waals surface area contributed by atoms with Crippen LogP contribution in [0.5, 0.6) is 5.88 Å². The normalized spacial score (nSPS) is 10.4. The van der Waals surface area contributed by atoms with Crippen LogP contribution in [0.4, 0.5) is 0 Å². The second-order valence-electron chi connectivity index (χ2n) is 4.21. The van der Waals surface area contributed by atoms with Gasteiger partial charge in [-0.3, -0.25) is 0 Å². The Balaban J connectivity index is 2.67. The largest absolute Gasteiger partial charge is 0.476 e. The Bertz CT molecular complexity index is 550. The van der Waals surface area contributed by atoms with E-state index in [1.807, 2.05) is 17.8 Å². The number of aryl methyl sites for hydroxylation is 3. The first-order valence-electron chi connectivity index (χ1n) is 5.59. The third kappa shape index (κ3) is 2.13. The summed E-state index contributed by atoms with van der Waals surface area (Å²) in [4.78, 5) is 4.25. The highest BCUT2D eigenvalue weighted by atomic mass is 16.5. The number of aromatic nitrogens is 2. The molecule has 0 saturated heterocycles. The Hall–Kier alpha value is -1.90. The van der Waals surface area contributed by atoms with E-state index in [4.69, 9.17) is 4.74 Å². The monoisotopic (exact) mass is 229 g/mol. The van der Waals surface area contributed by atoms with Crippen molar-refractivity contribution in [2.24, 2.45) is 7.05 Å². The second-order valence-corrected chi connectivity index (χ2v) is 4.21. The summed E-state index contributed by atoms with van der Waals surface area (Å²) in [5, 5.41) is 0. The molecule has 0 fully saturated rings. The smallest absolute Gasteiger partial charge is 0.288 e. The van der Waals surface area contributed by atoms with Gasteiger partial charge in [-0.15, -0.1) is 0 Å². The van der Waals surface area contributed by atoms with E-state index in [9.17, 15) is 0 Å². The summed E-state index contributed by atoms with van der Waals surface area (Å²) in [6, 6.07) is 6.39. The molecule has 0 amide bonds. The van der Waals surface area contributed by atoms with Crippen LogP contribution in [0.25, 0.3) is 11.3 Å². The molecule has 2 aromatic rings. The number of ether oxygens (including phenoxy) is 1. The Morgan fingerprint density at radius 1 is 1.24 bits per heavy atom. The van der Waals surface area contributed by atoms with Gasteiger partial charge in [0.1, 0.15) is 7.05 Å². The lowest BCUT2D eigenvalue weighted by Crippen LogP contribution is -2.31. The Morgan fingerprint density at radius 2 is 2.00 bits per heavy atom. The molecule has 1 heterocycles. The molecule has 0 saturated carbocycles. The van der Waals surface area contributed by atoms with Crippen LogP contribution in [0, 0.1) is 13.8 Å². The van der Waals surface area contributed by atoms with Crippen LogP contribution in [0.15, 0.2) is 30.6 Å². The molecule has 3 nitrogen and oxygen atoms in total. The molecule has 17 heavy (non-hydrogen) atoms. The van der Waals surface area contributed by atoms with Crippen LogP contribution in [0.3, 0.4) is 0 Å². The van der Waals surface area contributed by atoms with E-state index in [0.29, 0.717) is 5.88 Å². The first-order valence-corrected chi connectivity index (χ1v) is 5.59. The maximum atomic E-state index is 5.33. The minimum Gasteiger partial charge on any atom is -0.476 e. The lowest BCUT2D eigenvalue weighted by molar-refractivity contribution is -0.661. The predicted octanol–water partition coefficient (Wildman–Crippen LogP) is 2.20. The maximum absolute atomic E-state index is 5.33. The Labute approximate surface area is 102 Å². The standard InChI is InChI=1S/C14H17N2O/c1-10-5-6-12(11(2)9-10)13-14(17-4)15-7-8-16(13)3/h5-9H,1-4H3/q+1. The number of benzene rings is 1. The summed E-state index contributed by atoms with van der Waals surface area (Å²) in [6.45, 7) is 4.20. The molecule has 2 rings (SSSR count). The van der Waals surface area contributed by atoms with Crippen LogP contribution >= 0.6 is 0 Å². The summed E-state index contributed by atoms with van der Waals surface area (Å²) in [5.74, 6) is 0.655. The van der Waals surface area contributed by atoms with E-state index in [-0.39, 0.29) is 0 Å². The molecule has 1 aromatic carbocycles. The number of hydrogen-bond acceptors (Lipinski definition) is 2. The topological polar surface area (TPSA) is 26.0 Å². The van der Waals surface area contributed by atoms with Gasteiger partial charge >= 0.3 is 0 Å². The summed E-state index contributed by atoms with van der Waals surface area (Å²) in [7, 11) is 3.65. The SMILES string of the molecule is COc1ncc[n+](C)c1-c1ccc(C)cc1C. The minimum atomic E-state index is 0.655. The van der Waals surface area contributed by atoms with Crippen molar-refractivity contribution >= 4 is 0 Å². The van der Waals surface area contributed by atoms with Crippen molar-refractivity contribution in [3.05, 3.63) is 41.7 Å². The van der Waals surface area contributed by atoms with Gasteiger partial charge in [0.15, 0.2) is 6.20 Å². The van der Waals surface area contributed by atoms with Gasteiger partial charge in [-0.2, -0.15) is 4.57 Å². The highest BCUT2D eigenvalue weighted by Gasteiger charge is 2.19. The molecule has 0 N–H and O–H groups in total. The Kier molecular flexibility index (Phi) is 3.09. The zero-order chi connectivity index (χ0) is 12.4. The van der Waals surface area contributed by atoms with Gasteiger partial charge in [0.2, 0.25) is 0 Å². The lowest BCUT2D eigenvalue weighted by atomic mass is 10.0. The molecule has 0 aliphatic rings. The van der Waals surface area contributed by atoms with Crippen molar-refractivity contribution in [1.29, 1.82) is 0 Å². The zero-order valence-corrected chi connectivity index (χ0v) is 10.7. The second kappa shape index (κ2) is 4.53. The molecular weight excluding hydrogens is 212 g/mol. The van der Waals surface area contributed by atoms with Gasteiger partial charge in [0.25, 0.3) is 11.6 Å². The number of methoxy groups -OCH3 is 1. The van der Waals surface area contributed by atoms with Crippen LogP contribution in [0.1, 0.15) is 11.1 Å². The fraction of sp³-hybridized carbons (Fsp3) is 0.286. The summed E-state index contributed by atoms with van der Waals surface area (Å²) in [6.07, 6.45) is 3.67. The van der Waals surface area contributed by atoms with Crippen molar-refractivity contribution in [2.45, 2.75) is 13.8 Å². The van der Waals surface area contributed by atoms with Gasteiger partial charge in [0.05, 0.1) is 18.9 Å². The van der Waals surface area contributed by atoms with Gasteiger partial charge < -0.3 is 4.74 Å². The van der Waals surface area contributed by atoms with Gasteiger partial charge in [-0.05, 0) is 25.5 Å². The molecule has 3 heteroatoms. The third-order valence-electron chi connectivity index (χ3n) is 2.87. The van der Waals surface area contributed by atoms with Gasteiger partial charge in [0, 0.05) is 0 Å². The third-order valence-corrected chi connectivity index (χ3v) is 2.87. The first-order chi connectivity index (χ1) is 8.13. The van der Waals surface area contributed by atoms with Crippen LogP contribution < -0.4 is 9.30 Å². The highest BCUT2D eigenvalue weighted by molar-refractivity contribution is 5.65. The molecule has 0 unspecified atom stereocenters. The molecular formula is C14H17N2O+. The van der Waals surface area contributed by atoms with Crippen LogP contribution in [0.2, 0.25) is 0 Å². The van der Waals surface area contributed by atoms with Crippen molar-refractivity contribution in [1.82, 2.24) is 4.98 Å². The molecule has 0 aliphatic carbocycles. The van der Waals surface area contributed by atoms with E-state index in [1.54, 1.807) is 13.3 Å². The average Bonchev–Trinajstić information content (AvgIpc) is 2.30. The maximum Gasteiger partial charge on any atom is 0.288 e. The van der Waals surface area contributed by atoms with E-state index < -0.39 is 0 Å². The molecule has 0 atom stereocenters. The minimum absolute atomic E-state index is 0.655. The van der Waals surface area contributed by atoms with Gasteiger partial charge in [-0.25, -0.2) is 4.98 Å².